The van der Waals surface area contributed by atoms with Crippen molar-refractivity contribution >= 4 is 5.97 Å². The molecule has 0 atom stereocenters. The van der Waals surface area contributed by atoms with Crippen LogP contribution in [0.2, 0.25) is 0 Å². The fourth-order valence-electron chi connectivity index (χ4n) is 1.05. The van der Waals surface area contributed by atoms with Crippen LogP contribution in [0.5, 0.6) is 0 Å². The van der Waals surface area contributed by atoms with Gasteiger partial charge < -0.3 is 5.11 Å². The summed E-state index contributed by atoms with van der Waals surface area (Å²) in [5.74, 6) is -5.69. The van der Waals surface area contributed by atoms with E-state index in [0.29, 0.717) is 5.56 Å². The van der Waals surface area contributed by atoms with E-state index < -0.39 is 18.3 Å². The van der Waals surface area contributed by atoms with Crippen LogP contribution in [0.1, 0.15) is 12.0 Å². The number of hydrogen-bond acceptors (Lipinski definition) is 1. The molecule has 4 heteroatoms. The van der Waals surface area contributed by atoms with Gasteiger partial charge in [0.2, 0.25) is 0 Å². The number of alkyl halides is 2. The molecule has 0 bridgehead atoms. The lowest BCUT2D eigenvalue weighted by molar-refractivity contribution is -0.165. The predicted molar refractivity (Wildman–Crippen MR) is 47.3 cm³/mol. The Morgan fingerprint density at radius 1 is 1.29 bits per heavy atom. The highest BCUT2D eigenvalue weighted by Gasteiger charge is 2.37. The first-order chi connectivity index (χ1) is 6.52. The Balaban J connectivity index is 2.53. The summed E-state index contributed by atoms with van der Waals surface area (Å²) >= 11 is 0. The Hall–Kier alpha value is -1.45. The second kappa shape index (κ2) is 4.17. The molecule has 0 fully saturated rings. The topological polar surface area (TPSA) is 37.3 Å². The first-order valence-corrected chi connectivity index (χ1v) is 4.17. The summed E-state index contributed by atoms with van der Waals surface area (Å²) in [7, 11) is 0. The Kier molecular flexibility index (Phi) is 3.17. The highest BCUT2D eigenvalue weighted by atomic mass is 19.3. The van der Waals surface area contributed by atoms with E-state index in [0.717, 1.165) is 0 Å². The molecule has 1 aromatic rings. The van der Waals surface area contributed by atoms with Crippen LogP contribution in [-0.2, 0) is 11.2 Å². The Labute approximate surface area is 80.2 Å². The van der Waals surface area contributed by atoms with Crippen molar-refractivity contribution in [1.82, 2.24) is 0 Å². The van der Waals surface area contributed by atoms with E-state index in [1.807, 2.05) is 0 Å². The normalized spacial score (nSPS) is 11.3. The fraction of sp³-hybridized carbons (Fsp3) is 0.300. The Morgan fingerprint density at radius 3 is 2.36 bits per heavy atom. The van der Waals surface area contributed by atoms with E-state index in [-0.39, 0.29) is 6.42 Å². The van der Waals surface area contributed by atoms with Crippen molar-refractivity contribution in [3.63, 3.8) is 0 Å². The smallest absolute Gasteiger partial charge is 0.374 e. The van der Waals surface area contributed by atoms with E-state index in [2.05, 4.69) is 0 Å². The number of aryl methyl sites for hydroxylation is 1. The summed E-state index contributed by atoms with van der Waals surface area (Å²) in [5, 5.41) is 8.17. The van der Waals surface area contributed by atoms with E-state index >= 15 is 0 Å². The summed E-state index contributed by atoms with van der Waals surface area (Å²) in [6, 6.07) is 8.62. The third-order valence-corrected chi connectivity index (χ3v) is 1.88. The molecule has 0 aliphatic carbocycles. The van der Waals surface area contributed by atoms with Crippen molar-refractivity contribution in [1.29, 1.82) is 0 Å². The summed E-state index contributed by atoms with van der Waals surface area (Å²) in [5.41, 5.74) is 0.716. The highest BCUT2D eigenvalue weighted by Crippen LogP contribution is 2.20. The standard InChI is InChI=1S/C10H10F2O2/c11-10(12,9(13)14)7-6-8-4-2-1-3-5-8/h1-5H,6-7H2,(H,13,14). The Morgan fingerprint density at radius 2 is 1.86 bits per heavy atom. The molecule has 0 unspecified atom stereocenters. The minimum absolute atomic E-state index is 0.0696. The lowest BCUT2D eigenvalue weighted by atomic mass is 10.1. The predicted octanol–water partition coefficient (Wildman–Crippen LogP) is 2.34. The van der Waals surface area contributed by atoms with Crippen LogP contribution >= 0.6 is 0 Å². The van der Waals surface area contributed by atoms with E-state index in [9.17, 15) is 13.6 Å². The van der Waals surface area contributed by atoms with Crippen molar-refractivity contribution in [2.24, 2.45) is 0 Å². The number of benzene rings is 1. The lowest BCUT2D eigenvalue weighted by Crippen LogP contribution is -2.28. The molecule has 76 valence electrons. The largest absolute Gasteiger partial charge is 0.477 e. The molecule has 1 N–H and O–H groups in total. The van der Waals surface area contributed by atoms with Crippen LogP contribution in [0.15, 0.2) is 30.3 Å². The number of carboxylic acid groups (broad SMARTS) is 1. The minimum atomic E-state index is -3.63. The molecule has 0 amide bonds. The summed E-state index contributed by atoms with van der Waals surface area (Å²) < 4.78 is 25.3. The maximum absolute atomic E-state index is 12.6. The van der Waals surface area contributed by atoms with Crippen LogP contribution in [0, 0.1) is 0 Å². The lowest BCUT2D eigenvalue weighted by Gasteiger charge is -2.10. The van der Waals surface area contributed by atoms with Gasteiger partial charge in [-0.15, -0.1) is 0 Å². The number of carboxylic acids is 1. The van der Waals surface area contributed by atoms with Gasteiger partial charge in [-0.25, -0.2) is 4.79 Å². The van der Waals surface area contributed by atoms with Crippen LogP contribution < -0.4 is 0 Å². The quantitative estimate of drug-likeness (QED) is 0.809. The molecule has 0 saturated carbocycles. The SMILES string of the molecule is O=C(O)C(F)(F)CCc1ccccc1. The van der Waals surface area contributed by atoms with Gasteiger partial charge in [0, 0.05) is 6.42 Å². The van der Waals surface area contributed by atoms with Crippen molar-refractivity contribution in [2.75, 3.05) is 0 Å². The van der Waals surface area contributed by atoms with Gasteiger partial charge in [0.25, 0.3) is 0 Å². The zero-order valence-corrected chi connectivity index (χ0v) is 7.41. The number of carbonyl (C=O) groups is 1. The van der Waals surface area contributed by atoms with Crippen LogP contribution in [0.3, 0.4) is 0 Å². The molecule has 0 aliphatic heterocycles. The molecular formula is C10H10F2O2. The number of aliphatic carboxylic acids is 1. The summed E-state index contributed by atoms with van der Waals surface area (Å²) in [6.45, 7) is 0. The molecule has 14 heavy (non-hydrogen) atoms. The van der Waals surface area contributed by atoms with Crippen molar-refractivity contribution in [3.8, 4) is 0 Å². The monoisotopic (exact) mass is 200 g/mol. The number of hydrogen-bond donors (Lipinski definition) is 1. The Bertz CT molecular complexity index is 309. The minimum Gasteiger partial charge on any atom is -0.477 e. The molecular weight excluding hydrogens is 190 g/mol. The van der Waals surface area contributed by atoms with Gasteiger partial charge in [0.05, 0.1) is 0 Å². The van der Waals surface area contributed by atoms with Gasteiger partial charge >= 0.3 is 11.9 Å². The van der Waals surface area contributed by atoms with Gasteiger partial charge in [-0.2, -0.15) is 8.78 Å². The molecule has 2 nitrogen and oxygen atoms in total. The maximum Gasteiger partial charge on any atom is 0.374 e. The molecule has 1 aromatic carbocycles. The van der Waals surface area contributed by atoms with Crippen LogP contribution in [0.4, 0.5) is 8.78 Å². The van der Waals surface area contributed by atoms with Gasteiger partial charge in [0.15, 0.2) is 0 Å². The van der Waals surface area contributed by atoms with Gasteiger partial charge in [-0.3, -0.25) is 0 Å². The number of rotatable bonds is 4. The van der Waals surface area contributed by atoms with Gasteiger partial charge in [0.1, 0.15) is 0 Å². The molecule has 1 rings (SSSR count). The third kappa shape index (κ3) is 2.80. The molecule has 0 saturated heterocycles. The average Bonchev–Trinajstić information content (AvgIpc) is 2.16. The second-order valence-corrected chi connectivity index (χ2v) is 3.00. The van der Waals surface area contributed by atoms with Crippen molar-refractivity contribution < 1.29 is 18.7 Å². The van der Waals surface area contributed by atoms with Crippen LogP contribution in [0.25, 0.3) is 0 Å². The maximum atomic E-state index is 12.6. The zero-order chi connectivity index (χ0) is 10.6. The molecule has 0 aliphatic rings. The van der Waals surface area contributed by atoms with Crippen molar-refractivity contribution in [3.05, 3.63) is 35.9 Å². The zero-order valence-electron chi connectivity index (χ0n) is 7.41. The fourth-order valence-corrected chi connectivity index (χ4v) is 1.05. The third-order valence-electron chi connectivity index (χ3n) is 1.88. The van der Waals surface area contributed by atoms with Crippen molar-refractivity contribution in [2.45, 2.75) is 18.8 Å². The van der Waals surface area contributed by atoms with E-state index in [4.69, 9.17) is 5.11 Å². The summed E-state index contributed by atoms with van der Waals surface area (Å²) in [6.07, 6.45) is -0.591. The molecule has 0 heterocycles. The van der Waals surface area contributed by atoms with E-state index in [1.54, 1.807) is 30.3 Å². The van der Waals surface area contributed by atoms with Gasteiger partial charge in [-0.05, 0) is 12.0 Å². The first kappa shape index (κ1) is 10.6. The van der Waals surface area contributed by atoms with E-state index in [1.165, 1.54) is 0 Å². The number of halogens is 2. The van der Waals surface area contributed by atoms with Gasteiger partial charge in [-0.1, -0.05) is 30.3 Å². The molecule has 0 radical (unpaired) electrons. The first-order valence-electron chi connectivity index (χ1n) is 4.17. The highest BCUT2D eigenvalue weighted by molar-refractivity contribution is 5.75. The summed E-state index contributed by atoms with van der Waals surface area (Å²) in [4.78, 5) is 10.1. The molecule has 0 spiro atoms. The second-order valence-electron chi connectivity index (χ2n) is 3.00. The van der Waals surface area contributed by atoms with Crippen LogP contribution in [-0.4, -0.2) is 17.0 Å². The molecule has 0 aromatic heterocycles. The average molecular weight is 200 g/mol.